The van der Waals surface area contributed by atoms with Gasteiger partial charge in [0.05, 0.1) is 10.6 Å². The summed E-state index contributed by atoms with van der Waals surface area (Å²) in [4.78, 5) is 27.0. The largest absolute Gasteiger partial charge is 0.452 e. The Morgan fingerprint density at radius 1 is 1.32 bits per heavy atom. The highest BCUT2D eigenvalue weighted by Gasteiger charge is 2.31. The number of carbonyl (C=O) groups excluding carboxylic acids is 2. The average molecular weight is 409 g/mol. The highest BCUT2D eigenvalue weighted by molar-refractivity contribution is 6.33. The lowest BCUT2D eigenvalue weighted by molar-refractivity contribution is -0.140. The Morgan fingerprint density at radius 3 is 2.64 bits per heavy atom. The molecule has 1 saturated heterocycles. The molecule has 28 heavy (non-hydrogen) atoms. The van der Waals surface area contributed by atoms with Crippen LogP contribution in [-0.2, 0) is 9.53 Å². The van der Waals surface area contributed by atoms with Crippen LogP contribution in [0.15, 0.2) is 22.7 Å². The molecule has 150 valence electrons. The summed E-state index contributed by atoms with van der Waals surface area (Å²) >= 11 is 6.08. The maximum absolute atomic E-state index is 14.3. The van der Waals surface area contributed by atoms with Crippen LogP contribution in [0.25, 0.3) is 11.3 Å². The lowest BCUT2D eigenvalue weighted by atomic mass is 9.97. The molecule has 1 amide bonds. The second-order valence-corrected chi connectivity index (χ2v) is 7.47. The predicted molar refractivity (Wildman–Crippen MR) is 102 cm³/mol. The van der Waals surface area contributed by atoms with Gasteiger partial charge in [-0.15, -0.1) is 0 Å². The summed E-state index contributed by atoms with van der Waals surface area (Å²) in [5.41, 5.74) is -0.130. The molecule has 1 fully saturated rings. The molecule has 1 aromatic heterocycles. The monoisotopic (exact) mass is 408 g/mol. The Hall–Kier alpha value is -2.41. The zero-order chi connectivity index (χ0) is 20.4. The maximum Gasteiger partial charge on any atom is 0.344 e. The molecule has 2 aromatic rings. The highest BCUT2D eigenvalue weighted by atomic mass is 35.5. The van der Waals surface area contributed by atoms with Gasteiger partial charge < -0.3 is 14.2 Å². The van der Waals surface area contributed by atoms with Crippen LogP contribution in [0.5, 0.6) is 0 Å². The van der Waals surface area contributed by atoms with Gasteiger partial charge in [0.15, 0.2) is 6.61 Å². The van der Waals surface area contributed by atoms with Crippen LogP contribution in [0.3, 0.4) is 0 Å². The Morgan fingerprint density at radius 2 is 2.00 bits per heavy atom. The summed E-state index contributed by atoms with van der Waals surface area (Å²) in [6.45, 7) is 5.08. The number of aryl methyl sites for hydroxylation is 1. The smallest absolute Gasteiger partial charge is 0.344 e. The number of aromatic nitrogens is 1. The van der Waals surface area contributed by atoms with Gasteiger partial charge in [0.2, 0.25) is 0 Å². The Balaban J connectivity index is 1.79. The van der Waals surface area contributed by atoms with E-state index in [1.807, 2.05) is 13.8 Å². The van der Waals surface area contributed by atoms with E-state index < -0.39 is 18.4 Å². The zero-order valence-electron chi connectivity index (χ0n) is 16.0. The molecule has 3 rings (SSSR count). The van der Waals surface area contributed by atoms with Gasteiger partial charge in [0, 0.05) is 12.1 Å². The second kappa shape index (κ2) is 8.31. The second-order valence-electron chi connectivity index (χ2n) is 7.07. The molecule has 2 heterocycles. The molecule has 0 unspecified atom stereocenters. The molecule has 0 bridgehead atoms. The fourth-order valence-electron chi connectivity index (χ4n) is 3.69. The first kappa shape index (κ1) is 20.3. The van der Waals surface area contributed by atoms with E-state index in [1.54, 1.807) is 4.90 Å². The summed E-state index contributed by atoms with van der Waals surface area (Å²) in [6.07, 6.45) is 2.91. The van der Waals surface area contributed by atoms with Crippen LogP contribution < -0.4 is 0 Å². The summed E-state index contributed by atoms with van der Waals surface area (Å²) in [5.74, 6) is -1.54. The number of benzene rings is 1. The lowest BCUT2D eigenvalue weighted by Gasteiger charge is -2.38. The predicted octanol–water partition coefficient (Wildman–Crippen LogP) is 4.39. The fraction of sp³-hybridized carbons (Fsp3) is 0.450. The van der Waals surface area contributed by atoms with Crippen molar-refractivity contribution in [3.05, 3.63) is 40.4 Å². The fourth-order valence-corrected chi connectivity index (χ4v) is 3.95. The van der Waals surface area contributed by atoms with Crippen LogP contribution in [0.1, 0.15) is 49.2 Å². The first-order valence-corrected chi connectivity index (χ1v) is 9.58. The van der Waals surface area contributed by atoms with E-state index in [1.165, 1.54) is 25.1 Å². The number of carbonyl (C=O) groups is 2. The van der Waals surface area contributed by atoms with Crippen molar-refractivity contribution in [1.82, 2.24) is 10.1 Å². The molecule has 8 heteroatoms. The standard InChI is InChI=1S/C20H22ClFN2O4/c1-11-6-4-7-12(2)24(11)16(25)10-27-20(26)17-13(3)28-23-19(17)18-14(21)8-5-9-15(18)22/h5,8-9,11-12H,4,6-7,10H2,1-3H3/t11-,12+. The molecule has 6 nitrogen and oxygen atoms in total. The highest BCUT2D eigenvalue weighted by Crippen LogP contribution is 2.33. The third-order valence-corrected chi connectivity index (χ3v) is 5.39. The molecule has 0 radical (unpaired) electrons. The van der Waals surface area contributed by atoms with Crippen molar-refractivity contribution < 1.29 is 23.2 Å². The van der Waals surface area contributed by atoms with Crippen LogP contribution >= 0.6 is 11.6 Å². The number of nitrogens with zero attached hydrogens (tertiary/aromatic N) is 2. The summed E-state index contributed by atoms with van der Waals surface area (Å²) in [7, 11) is 0. The molecule has 0 aliphatic carbocycles. The summed E-state index contributed by atoms with van der Waals surface area (Å²) in [5, 5.41) is 3.87. The number of esters is 1. The number of likely N-dealkylation sites (tertiary alicyclic amines) is 1. The van der Waals surface area contributed by atoms with Crippen molar-refractivity contribution >= 4 is 23.5 Å². The molecule has 1 aliphatic rings. The van der Waals surface area contributed by atoms with E-state index in [0.717, 1.165) is 19.3 Å². The van der Waals surface area contributed by atoms with E-state index in [9.17, 15) is 14.0 Å². The summed E-state index contributed by atoms with van der Waals surface area (Å²) < 4.78 is 24.5. The lowest BCUT2D eigenvalue weighted by Crippen LogP contribution is -2.49. The van der Waals surface area contributed by atoms with E-state index in [4.69, 9.17) is 20.9 Å². The SMILES string of the molecule is Cc1onc(-c2c(F)cccc2Cl)c1C(=O)OCC(=O)N1[C@H](C)CCC[C@@H]1C. The normalized spacial score (nSPS) is 19.5. The van der Waals surface area contributed by atoms with Crippen molar-refractivity contribution in [2.75, 3.05) is 6.61 Å². The molecule has 1 aliphatic heterocycles. The first-order valence-electron chi connectivity index (χ1n) is 9.20. The van der Waals surface area contributed by atoms with Crippen molar-refractivity contribution in [1.29, 1.82) is 0 Å². The number of halogens is 2. The minimum atomic E-state index is -0.807. The molecule has 0 spiro atoms. The topological polar surface area (TPSA) is 72.6 Å². The van der Waals surface area contributed by atoms with Gasteiger partial charge in [-0.25, -0.2) is 9.18 Å². The molecule has 2 atom stereocenters. The van der Waals surface area contributed by atoms with Crippen LogP contribution in [0, 0.1) is 12.7 Å². The Labute approximate surface area is 167 Å². The molecule has 0 N–H and O–H groups in total. The number of hydrogen-bond acceptors (Lipinski definition) is 5. The number of piperidine rings is 1. The number of rotatable bonds is 4. The van der Waals surface area contributed by atoms with Gasteiger partial charge >= 0.3 is 5.97 Å². The zero-order valence-corrected chi connectivity index (χ0v) is 16.8. The number of hydrogen-bond donors (Lipinski definition) is 0. The first-order chi connectivity index (χ1) is 13.3. The van der Waals surface area contributed by atoms with Crippen molar-refractivity contribution in [3.63, 3.8) is 0 Å². The van der Waals surface area contributed by atoms with E-state index >= 15 is 0 Å². The molecule has 0 saturated carbocycles. The number of amides is 1. The Bertz CT molecular complexity index is 868. The minimum Gasteiger partial charge on any atom is -0.452 e. The van der Waals surface area contributed by atoms with Crippen molar-refractivity contribution in [2.24, 2.45) is 0 Å². The van der Waals surface area contributed by atoms with E-state index in [0.29, 0.717) is 0 Å². The van der Waals surface area contributed by atoms with Gasteiger partial charge in [-0.05, 0) is 52.2 Å². The molecule has 1 aromatic carbocycles. The average Bonchev–Trinajstić information content (AvgIpc) is 3.00. The molecular weight excluding hydrogens is 387 g/mol. The Kier molecular flexibility index (Phi) is 6.03. The quantitative estimate of drug-likeness (QED) is 0.701. The van der Waals surface area contributed by atoms with Gasteiger partial charge in [-0.2, -0.15) is 0 Å². The van der Waals surface area contributed by atoms with E-state index in [-0.39, 0.29) is 45.6 Å². The minimum absolute atomic E-state index is 0.0421. The maximum atomic E-state index is 14.3. The molecular formula is C20H22ClFN2O4. The van der Waals surface area contributed by atoms with Gasteiger partial charge in [-0.3, -0.25) is 4.79 Å². The van der Waals surface area contributed by atoms with Crippen LogP contribution in [-0.4, -0.2) is 40.6 Å². The van der Waals surface area contributed by atoms with Crippen LogP contribution in [0.4, 0.5) is 4.39 Å². The third-order valence-electron chi connectivity index (χ3n) is 5.07. The van der Waals surface area contributed by atoms with E-state index in [2.05, 4.69) is 5.16 Å². The van der Waals surface area contributed by atoms with Crippen molar-refractivity contribution in [3.8, 4) is 11.3 Å². The third kappa shape index (κ3) is 3.90. The van der Waals surface area contributed by atoms with Gasteiger partial charge in [-0.1, -0.05) is 22.8 Å². The summed E-state index contributed by atoms with van der Waals surface area (Å²) in [6, 6.07) is 4.34. The van der Waals surface area contributed by atoms with Crippen molar-refractivity contribution in [2.45, 2.75) is 52.1 Å². The van der Waals surface area contributed by atoms with Gasteiger partial charge in [0.1, 0.15) is 22.8 Å². The number of ether oxygens (including phenoxy) is 1. The van der Waals surface area contributed by atoms with Crippen LogP contribution in [0.2, 0.25) is 5.02 Å². The van der Waals surface area contributed by atoms with Gasteiger partial charge in [0.25, 0.3) is 5.91 Å².